The zero-order valence-electron chi connectivity index (χ0n) is 25.2. The Morgan fingerprint density at radius 3 is 2.07 bits per heavy atom. The first kappa shape index (κ1) is 32.1. The van der Waals surface area contributed by atoms with Crippen LogP contribution in [0.3, 0.4) is 0 Å². The number of nitrogens with zero attached hydrogens (tertiary/aromatic N) is 1. The standard InChI is InChI=1S/C35H47NO5/c1-4-7-8-9-10-11-12-13-14-22-31(37)33-29-20-15-16-21-30(29)36(34(33)35(39)41-6-3)26-28-19-17-18-27(25-28)23-24-32(38)40-5-2/h15-21,25H,4-14,22-24,26H2,1-3H3. The van der Waals surface area contributed by atoms with Crippen molar-refractivity contribution in [2.24, 2.45) is 0 Å². The van der Waals surface area contributed by atoms with E-state index in [0.717, 1.165) is 41.3 Å². The average Bonchev–Trinajstić information content (AvgIpc) is 3.30. The summed E-state index contributed by atoms with van der Waals surface area (Å²) in [5.41, 5.74) is 3.63. The van der Waals surface area contributed by atoms with Gasteiger partial charge in [-0.15, -0.1) is 0 Å². The van der Waals surface area contributed by atoms with E-state index in [4.69, 9.17) is 9.47 Å². The van der Waals surface area contributed by atoms with Crippen molar-refractivity contribution in [1.82, 2.24) is 4.57 Å². The van der Waals surface area contributed by atoms with Gasteiger partial charge in [0.1, 0.15) is 5.69 Å². The number of ketones is 1. The van der Waals surface area contributed by atoms with Crippen LogP contribution in [-0.2, 0) is 27.2 Å². The fourth-order valence-corrected chi connectivity index (χ4v) is 5.43. The first-order chi connectivity index (χ1) is 20.0. The second-order valence-electron chi connectivity index (χ2n) is 10.7. The maximum Gasteiger partial charge on any atom is 0.355 e. The van der Waals surface area contributed by atoms with Gasteiger partial charge in [-0.3, -0.25) is 9.59 Å². The van der Waals surface area contributed by atoms with E-state index in [1.807, 2.05) is 53.1 Å². The Balaban J connectivity index is 1.80. The number of para-hydroxylation sites is 1. The summed E-state index contributed by atoms with van der Waals surface area (Å²) < 4.78 is 12.5. The van der Waals surface area contributed by atoms with Crippen LogP contribution < -0.4 is 0 Å². The Morgan fingerprint density at radius 2 is 1.37 bits per heavy atom. The zero-order valence-corrected chi connectivity index (χ0v) is 25.2. The van der Waals surface area contributed by atoms with E-state index in [1.54, 1.807) is 13.8 Å². The van der Waals surface area contributed by atoms with E-state index in [1.165, 1.54) is 38.5 Å². The van der Waals surface area contributed by atoms with Gasteiger partial charge in [-0.25, -0.2) is 4.79 Å². The number of hydrogen-bond donors (Lipinski definition) is 0. The van der Waals surface area contributed by atoms with Crippen LogP contribution >= 0.6 is 0 Å². The van der Waals surface area contributed by atoms with Gasteiger partial charge >= 0.3 is 11.9 Å². The van der Waals surface area contributed by atoms with E-state index in [9.17, 15) is 14.4 Å². The minimum Gasteiger partial charge on any atom is -0.466 e. The third-order valence-corrected chi connectivity index (χ3v) is 7.48. The predicted octanol–water partition coefficient (Wildman–Crippen LogP) is 8.47. The van der Waals surface area contributed by atoms with Gasteiger partial charge in [0.2, 0.25) is 0 Å². The molecule has 6 nitrogen and oxygen atoms in total. The van der Waals surface area contributed by atoms with Crippen molar-refractivity contribution < 1.29 is 23.9 Å². The fourth-order valence-electron chi connectivity index (χ4n) is 5.43. The molecule has 0 N–H and O–H groups in total. The minimum atomic E-state index is -0.474. The van der Waals surface area contributed by atoms with E-state index < -0.39 is 5.97 Å². The highest BCUT2D eigenvalue weighted by molar-refractivity contribution is 6.15. The van der Waals surface area contributed by atoms with E-state index in [0.29, 0.717) is 43.7 Å². The average molecular weight is 562 g/mol. The Hall–Kier alpha value is -3.41. The number of ether oxygens (including phenoxy) is 2. The van der Waals surface area contributed by atoms with Gasteiger partial charge in [0, 0.05) is 30.3 Å². The highest BCUT2D eigenvalue weighted by Gasteiger charge is 2.27. The number of esters is 2. The molecule has 0 saturated carbocycles. The van der Waals surface area contributed by atoms with Gasteiger partial charge in [-0.05, 0) is 43.9 Å². The van der Waals surface area contributed by atoms with Crippen LogP contribution in [0.15, 0.2) is 48.5 Å². The normalized spacial score (nSPS) is 11.1. The molecular weight excluding hydrogens is 514 g/mol. The number of aromatic nitrogens is 1. The van der Waals surface area contributed by atoms with Crippen LogP contribution in [0.4, 0.5) is 0 Å². The third-order valence-electron chi connectivity index (χ3n) is 7.48. The fraction of sp³-hybridized carbons (Fsp3) is 0.514. The summed E-state index contributed by atoms with van der Waals surface area (Å²) in [6.45, 7) is 6.83. The Morgan fingerprint density at radius 1 is 0.707 bits per heavy atom. The van der Waals surface area contributed by atoms with Crippen LogP contribution in [0.1, 0.15) is 123 Å². The third kappa shape index (κ3) is 9.58. The molecule has 0 atom stereocenters. The van der Waals surface area contributed by atoms with Crippen molar-refractivity contribution in [2.45, 2.75) is 104 Å². The highest BCUT2D eigenvalue weighted by Crippen LogP contribution is 2.30. The SMILES string of the molecule is CCCCCCCCCCCC(=O)c1c(C(=O)OCC)n(Cc2cccc(CCC(=O)OCC)c2)c2ccccc12. The molecule has 6 heteroatoms. The second-order valence-corrected chi connectivity index (χ2v) is 10.7. The lowest BCUT2D eigenvalue weighted by Crippen LogP contribution is -2.17. The topological polar surface area (TPSA) is 74.6 Å². The summed E-state index contributed by atoms with van der Waals surface area (Å²) in [6, 6.07) is 15.7. The lowest BCUT2D eigenvalue weighted by molar-refractivity contribution is -0.143. The lowest BCUT2D eigenvalue weighted by Gasteiger charge is -2.13. The van der Waals surface area contributed by atoms with Crippen LogP contribution in [0.2, 0.25) is 0 Å². The summed E-state index contributed by atoms with van der Waals surface area (Å²) in [4.78, 5) is 38.8. The van der Waals surface area contributed by atoms with E-state index in [2.05, 4.69) is 6.92 Å². The Kier molecular flexibility index (Phi) is 13.6. The molecule has 0 aliphatic carbocycles. The molecule has 1 aromatic heterocycles. The van der Waals surface area contributed by atoms with Crippen LogP contribution in [0, 0.1) is 0 Å². The number of benzene rings is 2. The molecule has 0 unspecified atom stereocenters. The molecule has 222 valence electrons. The number of hydrogen-bond acceptors (Lipinski definition) is 5. The number of rotatable bonds is 19. The van der Waals surface area contributed by atoms with Gasteiger partial charge in [0.05, 0.1) is 18.8 Å². The van der Waals surface area contributed by atoms with Crippen LogP contribution in [0.5, 0.6) is 0 Å². The first-order valence-corrected chi connectivity index (χ1v) is 15.5. The van der Waals surface area contributed by atoms with Crippen LogP contribution in [-0.4, -0.2) is 35.5 Å². The predicted molar refractivity (Wildman–Crippen MR) is 165 cm³/mol. The second kappa shape index (κ2) is 17.4. The quantitative estimate of drug-likeness (QED) is 0.0834. The molecule has 0 aliphatic heterocycles. The summed E-state index contributed by atoms with van der Waals surface area (Å²) in [5, 5.41) is 0.787. The number of carbonyl (C=O) groups excluding carboxylic acids is 3. The van der Waals surface area contributed by atoms with Crippen molar-refractivity contribution in [3.05, 3.63) is 70.9 Å². The molecule has 0 aliphatic rings. The summed E-state index contributed by atoms with van der Waals surface area (Å²) >= 11 is 0. The number of unbranched alkanes of at least 4 members (excludes halogenated alkanes) is 8. The largest absolute Gasteiger partial charge is 0.466 e. The van der Waals surface area contributed by atoms with Crippen molar-refractivity contribution >= 4 is 28.6 Å². The smallest absolute Gasteiger partial charge is 0.355 e. The maximum atomic E-state index is 13.7. The van der Waals surface area contributed by atoms with Gasteiger partial charge in [0.15, 0.2) is 5.78 Å². The minimum absolute atomic E-state index is 0.00543. The molecular formula is C35H47NO5. The molecule has 1 heterocycles. The van der Waals surface area contributed by atoms with Crippen LogP contribution in [0.25, 0.3) is 10.9 Å². The number of Topliss-reactive ketones (excluding diaryl/α,β-unsaturated/α-hetero) is 1. The molecule has 0 bridgehead atoms. The number of fused-ring (bicyclic) bond motifs is 1. The van der Waals surface area contributed by atoms with Crippen molar-refractivity contribution in [2.75, 3.05) is 13.2 Å². The summed E-state index contributed by atoms with van der Waals surface area (Å²) in [5.74, 6) is -0.694. The summed E-state index contributed by atoms with van der Waals surface area (Å²) in [6.07, 6.45) is 11.9. The van der Waals surface area contributed by atoms with E-state index in [-0.39, 0.29) is 18.4 Å². The maximum absolute atomic E-state index is 13.7. The van der Waals surface area contributed by atoms with Gasteiger partial charge in [-0.2, -0.15) is 0 Å². The molecule has 3 aromatic rings. The molecule has 3 rings (SSSR count). The molecule has 0 fully saturated rings. The molecule has 0 radical (unpaired) electrons. The van der Waals surface area contributed by atoms with E-state index >= 15 is 0 Å². The molecule has 0 saturated heterocycles. The molecule has 0 spiro atoms. The zero-order chi connectivity index (χ0) is 29.5. The van der Waals surface area contributed by atoms with Crippen molar-refractivity contribution in [1.29, 1.82) is 0 Å². The van der Waals surface area contributed by atoms with Crippen molar-refractivity contribution in [3.8, 4) is 0 Å². The van der Waals surface area contributed by atoms with Gasteiger partial charge in [-0.1, -0.05) is 101 Å². The monoisotopic (exact) mass is 561 g/mol. The molecule has 41 heavy (non-hydrogen) atoms. The van der Waals surface area contributed by atoms with Gasteiger partial charge < -0.3 is 14.0 Å². The molecule has 2 aromatic carbocycles. The highest BCUT2D eigenvalue weighted by atomic mass is 16.5. The number of carbonyl (C=O) groups is 3. The first-order valence-electron chi connectivity index (χ1n) is 15.5. The Labute approximate surface area is 245 Å². The molecule has 0 amide bonds. The van der Waals surface area contributed by atoms with Gasteiger partial charge in [0.25, 0.3) is 0 Å². The lowest BCUT2D eigenvalue weighted by atomic mass is 10.00. The summed E-state index contributed by atoms with van der Waals surface area (Å²) in [7, 11) is 0. The Bertz CT molecular complexity index is 1270. The number of aryl methyl sites for hydroxylation is 1. The van der Waals surface area contributed by atoms with Crippen molar-refractivity contribution in [3.63, 3.8) is 0 Å².